The number of nitrogens with one attached hydrogen (secondary N) is 1. The minimum atomic E-state index is -0.707. The summed E-state index contributed by atoms with van der Waals surface area (Å²) in [5.74, 6) is 0.224. The zero-order chi connectivity index (χ0) is 18.1. The molecule has 1 aromatic heterocycles. The maximum Gasteiger partial charge on any atom is 0.232 e. The zero-order valence-electron chi connectivity index (χ0n) is 14.7. The highest BCUT2D eigenvalue weighted by molar-refractivity contribution is 6.20. The van der Waals surface area contributed by atoms with Gasteiger partial charge in [0, 0.05) is 17.4 Å². The number of carbonyl (C=O) groups excluding carboxylic acids is 1. The normalized spacial score (nSPS) is 12.3. The van der Waals surface area contributed by atoms with E-state index < -0.39 is 5.41 Å². The Labute approximate surface area is 147 Å². The lowest BCUT2D eigenvalue weighted by Gasteiger charge is -2.20. The molecular weight excluding hydrogens is 329 g/mol. The molecule has 0 spiro atoms. The highest BCUT2D eigenvalue weighted by Crippen LogP contribution is 2.28. The van der Waals surface area contributed by atoms with Crippen molar-refractivity contribution >= 4 is 23.3 Å². The van der Waals surface area contributed by atoms with Gasteiger partial charge in [0.25, 0.3) is 0 Å². The van der Waals surface area contributed by atoms with Crippen molar-refractivity contribution in [2.75, 3.05) is 11.2 Å². The van der Waals surface area contributed by atoms with Crippen molar-refractivity contribution in [2.24, 2.45) is 5.41 Å². The Balaban J connectivity index is 2.47. The van der Waals surface area contributed by atoms with Crippen LogP contribution in [0.4, 0.5) is 10.2 Å². The second-order valence-corrected chi connectivity index (χ2v) is 7.79. The van der Waals surface area contributed by atoms with Gasteiger partial charge in [-0.15, -0.1) is 11.6 Å². The third kappa shape index (κ3) is 3.96. The van der Waals surface area contributed by atoms with Crippen LogP contribution in [0, 0.1) is 11.2 Å². The lowest BCUT2D eigenvalue weighted by molar-refractivity contribution is -0.123. The summed E-state index contributed by atoms with van der Waals surface area (Å²) < 4.78 is 14.8. The predicted molar refractivity (Wildman–Crippen MR) is 95.4 cm³/mol. The molecule has 0 saturated carbocycles. The van der Waals surface area contributed by atoms with Crippen molar-refractivity contribution in [1.29, 1.82) is 0 Å². The molecule has 0 radical (unpaired) electrons. The van der Waals surface area contributed by atoms with Crippen LogP contribution < -0.4 is 5.32 Å². The van der Waals surface area contributed by atoms with Crippen molar-refractivity contribution in [3.8, 4) is 5.69 Å². The van der Waals surface area contributed by atoms with Gasteiger partial charge in [-0.1, -0.05) is 20.8 Å². The fraction of sp³-hybridized carbons (Fsp3) is 0.444. The van der Waals surface area contributed by atoms with Crippen molar-refractivity contribution in [3.05, 3.63) is 41.8 Å². The average Bonchev–Trinajstić information content (AvgIpc) is 2.92. The van der Waals surface area contributed by atoms with Gasteiger partial charge in [-0.2, -0.15) is 5.10 Å². The Morgan fingerprint density at radius 2 is 1.79 bits per heavy atom. The van der Waals surface area contributed by atoms with Crippen LogP contribution in [0.3, 0.4) is 0 Å². The number of benzene rings is 1. The lowest BCUT2D eigenvalue weighted by Crippen LogP contribution is -2.32. The fourth-order valence-electron chi connectivity index (χ4n) is 1.96. The number of amides is 1. The fourth-order valence-corrected chi connectivity index (χ4v) is 2.08. The summed E-state index contributed by atoms with van der Waals surface area (Å²) in [7, 11) is 0. The van der Waals surface area contributed by atoms with E-state index in [0.29, 0.717) is 11.5 Å². The number of anilines is 1. The number of alkyl halides is 1. The first-order chi connectivity index (χ1) is 11.0. The smallest absolute Gasteiger partial charge is 0.232 e. The Kier molecular flexibility index (Phi) is 5.04. The van der Waals surface area contributed by atoms with E-state index in [2.05, 4.69) is 10.4 Å². The number of rotatable bonds is 4. The minimum Gasteiger partial charge on any atom is -0.310 e. The largest absolute Gasteiger partial charge is 0.310 e. The highest BCUT2D eigenvalue weighted by atomic mass is 35.5. The zero-order valence-corrected chi connectivity index (χ0v) is 15.4. The van der Waals surface area contributed by atoms with Crippen LogP contribution >= 0.6 is 11.6 Å². The molecule has 6 heteroatoms. The number of carbonyl (C=O) groups is 1. The molecule has 0 aliphatic heterocycles. The Bertz CT molecular complexity index is 730. The monoisotopic (exact) mass is 351 g/mol. The number of nitrogens with zero attached hydrogens (tertiary/aromatic N) is 2. The molecular formula is C18H23ClFN3O. The van der Waals surface area contributed by atoms with Crippen LogP contribution in [0.1, 0.15) is 40.3 Å². The molecule has 24 heavy (non-hydrogen) atoms. The molecule has 2 aromatic rings. The average molecular weight is 352 g/mol. The van der Waals surface area contributed by atoms with Crippen LogP contribution in [0.2, 0.25) is 0 Å². The quantitative estimate of drug-likeness (QED) is 0.823. The van der Waals surface area contributed by atoms with Crippen molar-refractivity contribution in [2.45, 2.75) is 40.0 Å². The Morgan fingerprint density at radius 1 is 1.21 bits per heavy atom. The summed E-state index contributed by atoms with van der Waals surface area (Å²) in [6.07, 6.45) is 0. The summed E-state index contributed by atoms with van der Waals surface area (Å²) in [5, 5.41) is 7.48. The van der Waals surface area contributed by atoms with Gasteiger partial charge < -0.3 is 5.32 Å². The molecule has 130 valence electrons. The SMILES string of the molecule is CC(C)(CCl)C(=O)Nc1cc(C(C)(C)C)nn1-c1ccc(F)cc1. The van der Waals surface area contributed by atoms with Gasteiger partial charge in [-0.3, -0.25) is 4.79 Å². The first-order valence-electron chi connectivity index (χ1n) is 7.78. The third-order valence-electron chi connectivity index (χ3n) is 3.74. The topological polar surface area (TPSA) is 46.9 Å². The van der Waals surface area contributed by atoms with Crippen LogP contribution in [0.15, 0.2) is 30.3 Å². The summed E-state index contributed by atoms with van der Waals surface area (Å²) in [6, 6.07) is 7.81. The summed E-state index contributed by atoms with van der Waals surface area (Å²) in [5.41, 5.74) is 0.602. The van der Waals surface area contributed by atoms with Crippen LogP contribution in [-0.2, 0) is 10.2 Å². The molecule has 0 saturated heterocycles. The minimum absolute atomic E-state index is 0.188. The lowest BCUT2D eigenvalue weighted by atomic mass is 9.92. The van der Waals surface area contributed by atoms with Gasteiger partial charge in [0.15, 0.2) is 0 Å². The van der Waals surface area contributed by atoms with E-state index in [0.717, 1.165) is 5.69 Å². The number of hydrogen-bond donors (Lipinski definition) is 1. The molecule has 0 fully saturated rings. The molecule has 0 aliphatic carbocycles. The van der Waals surface area contributed by atoms with E-state index in [4.69, 9.17) is 11.6 Å². The van der Waals surface area contributed by atoms with Gasteiger partial charge >= 0.3 is 0 Å². The molecule has 0 unspecified atom stereocenters. The van der Waals surface area contributed by atoms with Gasteiger partial charge in [0.2, 0.25) is 5.91 Å². The van der Waals surface area contributed by atoms with Crippen LogP contribution in [-0.4, -0.2) is 21.6 Å². The first kappa shape index (κ1) is 18.5. The molecule has 1 amide bonds. The van der Waals surface area contributed by atoms with Crippen LogP contribution in [0.25, 0.3) is 5.69 Å². The van der Waals surface area contributed by atoms with Crippen molar-refractivity contribution < 1.29 is 9.18 Å². The molecule has 0 atom stereocenters. The van der Waals surface area contributed by atoms with Gasteiger partial charge in [0.1, 0.15) is 11.6 Å². The van der Waals surface area contributed by atoms with Crippen molar-refractivity contribution in [1.82, 2.24) is 9.78 Å². The number of aromatic nitrogens is 2. The van der Waals surface area contributed by atoms with Crippen molar-refractivity contribution in [3.63, 3.8) is 0 Å². The summed E-state index contributed by atoms with van der Waals surface area (Å²) in [6.45, 7) is 9.67. The second kappa shape index (κ2) is 6.55. The predicted octanol–water partition coefficient (Wildman–Crippen LogP) is 4.51. The van der Waals surface area contributed by atoms with E-state index in [9.17, 15) is 9.18 Å². The standard InChI is InChI=1S/C18H23ClFN3O/c1-17(2,3)14-10-15(21-16(24)18(4,5)11-19)23(22-14)13-8-6-12(20)7-9-13/h6-10H,11H2,1-5H3,(H,21,24). The number of halogens is 2. The number of hydrogen-bond acceptors (Lipinski definition) is 2. The second-order valence-electron chi connectivity index (χ2n) is 7.52. The molecule has 1 N–H and O–H groups in total. The first-order valence-corrected chi connectivity index (χ1v) is 8.32. The highest BCUT2D eigenvalue weighted by Gasteiger charge is 2.29. The Hall–Kier alpha value is -1.88. The van der Waals surface area contributed by atoms with Gasteiger partial charge in [0.05, 0.1) is 16.8 Å². The molecule has 4 nitrogen and oxygen atoms in total. The third-order valence-corrected chi connectivity index (χ3v) is 4.41. The summed E-state index contributed by atoms with van der Waals surface area (Å²) >= 11 is 5.88. The van der Waals surface area contributed by atoms with E-state index in [-0.39, 0.29) is 23.0 Å². The molecule has 0 aliphatic rings. The van der Waals surface area contributed by atoms with E-state index in [1.54, 1.807) is 30.7 Å². The van der Waals surface area contributed by atoms with E-state index in [1.807, 2.05) is 26.8 Å². The maximum atomic E-state index is 13.2. The van der Waals surface area contributed by atoms with Gasteiger partial charge in [-0.05, 0) is 38.1 Å². The molecule has 0 bridgehead atoms. The summed E-state index contributed by atoms with van der Waals surface area (Å²) in [4.78, 5) is 12.5. The Morgan fingerprint density at radius 3 is 2.29 bits per heavy atom. The van der Waals surface area contributed by atoms with E-state index in [1.165, 1.54) is 12.1 Å². The van der Waals surface area contributed by atoms with Crippen LogP contribution in [0.5, 0.6) is 0 Å². The molecule has 1 aromatic carbocycles. The van der Waals surface area contributed by atoms with E-state index >= 15 is 0 Å². The van der Waals surface area contributed by atoms with Gasteiger partial charge in [-0.25, -0.2) is 9.07 Å². The molecule has 2 rings (SSSR count). The molecule has 1 heterocycles. The maximum absolute atomic E-state index is 13.2.